The van der Waals surface area contributed by atoms with Gasteiger partial charge in [0.2, 0.25) is 17.7 Å². The Labute approximate surface area is 178 Å². The van der Waals surface area contributed by atoms with Crippen molar-refractivity contribution in [1.29, 1.82) is 0 Å². The number of amides is 3. The van der Waals surface area contributed by atoms with Gasteiger partial charge in [-0.1, -0.05) is 41.9 Å². The van der Waals surface area contributed by atoms with Gasteiger partial charge >= 0.3 is 0 Å². The maximum atomic E-state index is 13.7. The van der Waals surface area contributed by atoms with Crippen molar-refractivity contribution in [3.05, 3.63) is 64.7 Å². The van der Waals surface area contributed by atoms with E-state index in [1.54, 1.807) is 18.2 Å². The van der Waals surface area contributed by atoms with Gasteiger partial charge in [0.05, 0.1) is 18.4 Å². The van der Waals surface area contributed by atoms with Gasteiger partial charge in [0.25, 0.3) is 0 Å². The molecule has 3 fully saturated rings. The topological polar surface area (TPSA) is 69.7 Å². The summed E-state index contributed by atoms with van der Waals surface area (Å²) in [6.07, 6.45) is 1.71. The van der Waals surface area contributed by atoms with E-state index in [1.807, 2.05) is 30.3 Å². The van der Waals surface area contributed by atoms with Crippen LogP contribution in [0, 0.1) is 11.8 Å². The number of hydrogen-bond acceptors (Lipinski definition) is 4. The molecule has 1 N–H and O–H groups in total. The van der Waals surface area contributed by atoms with Crippen LogP contribution in [0.3, 0.4) is 0 Å². The maximum Gasteiger partial charge on any atom is 0.250 e. The van der Waals surface area contributed by atoms with Gasteiger partial charge < -0.3 is 5.32 Å². The Balaban J connectivity index is 1.50. The van der Waals surface area contributed by atoms with Gasteiger partial charge in [-0.3, -0.25) is 24.2 Å². The predicted molar refractivity (Wildman–Crippen MR) is 110 cm³/mol. The van der Waals surface area contributed by atoms with Gasteiger partial charge in [-0.2, -0.15) is 0 Å². The van der Waals surface area contributed by atoms with Gasteiger partial charge in [0.15, 0.2) is 0 Å². The number of fused-ring (bicyclic) bond motifs is 7. The van der Waals surface area contributed by atoms with Gasteiger partial charge in [0.1, 0.15) is 5.54 Å². The molecule has 0 unspecified atom stereocenters. The third kappa shape index (κ3) is 2.10. The van der Waals surface area contributed by atoms with Gasteiger partial charge in [-0.15, -0.1) is 0 Å². The first-order chi connectivity index (χ1) is 14.5. The first-order valence-electron chi connectivity index (χ1n) is 10.3. The first kappa shape index (κ1) is 18.1. The molecule has 6 rings (SSSR count). The summed E-state index contributed by atoms with van der Waals surface area (Å²) >= 11 is 6.30. The minimum Gasteiger partial charge on any atom is -0.324 e. The Morgan fingerprint density at radius 1 is 1.07 bits per heavy atom. The lowest BCUT2D eigenvalue weighted by Crippen LogP contribution is -2.54. The molecular formula is C23H20ClN3O3. The van der Waals surface area contributed by atoms with Crippen molar-refractivity contribution in [2.75, 3.05) is 11.9 Å². The molecule has 4 heterocycles. The molecule has 2 aromatic carbocycles. The molecular weight excluding hydrogens is 402 g/mol. The average Bonchev–Trinajstić information content (AvgIpc) is 3.44. The minimum absolute atomic E-state index is 0.108. The number of nitrogens with zero attached hydrogens (tertiary/aromatic N) is 2. The molecule has 152 valence electrons. The van der Waals surface area contributed by atoms with Crippen LogP contribution in [0.2, 0.25) is 5.02 Å². The number of anilines is 1. The zero-order chi connectivity index (χ0) is 20.6. The summed E-state index contributed by atoms with van der Waals surface area (Å²) in [5, 5.41) is 3.48. The molecule has 4 aliphatic rings. The van der Waals surface area contributed by atoms with E-state index in [0.717, 1.165) is 24.0 Å². The van der Waals surface area contributed by atoms with Gasteiger partial charge in [-0.25, -0.2) is 0 Å². The summed E-state index contributed by atoms with van der Waals surface area (Å²) in [6.45, 7) is 0.925. The fourth-order valence-electron chi connectivity index (χ4n) is 6.16. The highest BCUT2D eigenvalue weighted by molar-refractivity contribution is 6.31. The second-order valence-corrected chi connectivity index (χ2v) is 9.00. The smallest absolute Gasteiger partial charge is 0.250 e. The van der Waals surface area contributed by atoms with E-state index in [4.69, 9.17) is 11.6 Å². The molecule has 4 atom stereocenters. The normalized spacial score (nSPS) is 32.0. The SMILES string of the molecule is O=C1[C@H]2[C@@H](C(=O)N1Cc1ccccc1)[C@@]1(C(=O)Nc3ccc(Cl)cc31)N1CCC[C@@H]21. The molecule has 3 amide bonds. The van der Waals surface area contributed by atoms with Crippen molar-refractivity contribution in [3.8, 4) is 0 Å². The zero-order valence-corrected chi connectivity index (χ0v) is 16.9. The summed E-state index contributed by atoms with van der Waals surface area (Å²) in [4.78, 5) is 44.1. The van der Waals surface area contributed by atoms with E-state index >= 15 is 0 Å². The van der Waals surface area contributed by atoms with Crippen molar-refractivity contribution in [2.45, 2.75) is 31.0 Å². The van der Waals surface area contributed by atoms with Crippen LogP contribution in [0.5, 0.6) is 0 Å². The molecule has 7 heteroatoms. The van der Waals surface area contributed by atoms with Crippen LogP contribution in [-0.2, 0) is 26.5 Å². The largest absolute Gasteiger partial charge is 0.324 e. The lowest BCUT2D eigenvalue weighted by molar-refractivity contribution is -0.146. The number of likely N-dealkylation sites (tertiary alicyclic amines) is 1. The lowest BCUT2D eigenvalue weighted by Gasteiger charge is -2.36. The quantitative estimate of drug-likeness (QED) is 0.757. The monoisotopic (exact) mass is 421 g/mol. The summed E-state index contributed by atoms with van der Waals surface area (Å²) < 4.78 is 0. The standard InChI is InChI=1S/C23H20ClN3O3/c24-14-8-9-16-15(11-14)23(22(30)25-16)19-18(17-7-4-10-27(17)23)20(28)26(21(19)29)12-13-5-2-1-3-6-13/h1-3,5-6,8-9,11,17-19H,4,7,10,12H2,(H,25,30)/t17-,18+,19-,23-/m0/s1. The molecule has 0 saturated carbocycles. The molecule has 4 aliphatic heterocycles. The van der Waals surface area contributed by atoms with Crippen LogP contribution in [0.4, 0.5) is 5.69 Å². The van der Waals surface area contributed by atoms with Crippen LogP contribution in [0.15, 0.2) is 48.5 Å². The lowest BCUT2D eigenvalue weighted by atomic mass is 9.75. The molecule has 2 aromatic rings. The molecule has 0 aliphatic carbocycles. The van der Waals surface area contributed by atoms with Gasteiger partial charge in [0, 0.05) is 22.3 Å². The fraction of sp³-hybridized carbons (Fsp3) is 0.348. The molecule has 30 heavy (non-hydrogen) atoms. The maximum absolute atomic E-state index is 13.7. The third-order valence-corrected chi connectivity index (χ3v) is 7.46. The number of nitrogens with one attached hydrogen (secondary N) is 1. The Morgan fingerprint density at radius 2 is 1.87 bits per heavy atom. The fourth-order valence-corrected chi connectivity index (χ4v) is 6.33. The van der Waals surface area contributed by atoms with Crippen molar-refractivity contribution < 1.29 is 14.4 Å². The predicted octanol–water partition coefficient (Wildman–Crippen LogP) is 2.77. The zero-order valence-electron chi connectivity index (χ0n) is 16.2. The summed E-state index contributed by atoms with van der Waals surface area (Å²) in [7, 11) is 0. The third-order valence-electron chi connectivity index (χ3n) is 7.23. The number of rotatable bonds is 2. The highest BCUT2D eigenvalue weighted by Crippen LogP contribution is 2.60. The van der Waals surface area contributed by atoms with Crippen molar-refractivity contribution in [1.82, 2.24) is 9.80 Å². The van der Waals surface area contributed by atoms with Crippen molar-refractivity contribution >= 4 is 35.0 Å². The summed E-state index contributed by atoms with van der Waals surface area (Å²) in [5.74, 6) is -1.86. The molecule has 3 saturated heterocycles. The average molecular weight is 422 g/mol. The van der Waals surface area contributed by atoms with Gasteiger partial charge in [-0.05, 0) is 43.1 Å². The van der Waals surface area contributed by atoms with E-state index in [9.17, 15) is 14.4 Å². The Bertz CT molecular complexity index is 1100. The van der Waals surface area contributed by atoms with Crippen LogP contribution in [0.1, 0.15) is 24.0 Å². The molecule has 6 nitrogen and oxygen atoms in total. The number of benzene rings is 2. The molecule has 0 radical (unpaired) electrons. The molecule has 1 spiro atoms. The highest BCUT2D eigenvalue weighted by atomic mass is 35.5. The second kappa shape index (κ2) is 6.15. The second-order valence-electron chi connectivity index (χ2n) is 8.57. The van der Waals surface area contributed by atoms with Crippen molar-refractivity contribution in [3.63, 3.8) is 0 Å². The minimum atomic E-state index is -1.16. The Hall–Kier alpha value is -2.70. The van der Waals surface area contributed by atoms with E-state index in [2.05, 4.69) is 10.2 Å². The summed E-state index contributed by atoms with van der Waals surface area (Å²) in [6, 6.07) is 14.7. The van der Waals surface area contributed by atoms with E-state index in [1.165, 1.54) is 4.90 Å². The van der Waals surface area contributed by atoms with Crippen LogP contribution >= 0.6 is 11.6 Å². The Kier molecular flexibility index (Phi) is 3.71. The molecule has 0 bridgehead atoms. The van der Waals surface area contributed by atoms with Crippen LogP contribution in [0.25, 0.3) is 0 Å². The first-order valence-corrected chi connectivity index (χ1v) is 10.7. The van der Waals surface area contributed by atoms with E-state index in [0.29, 0.717) is 17.3 Å². The van der Waals surface area contributed by atoms with Crippen molar-refractivity contribution in [2.24, 2.45) is 11.8 Å². The number of imide groups is 1. The number of hydrogen-bond donors (Lipinski definition) is 1. The van der Waals surface area contributed by atoms with Crippen LogP contribution < -0.4 is 5.32 Å². The van der Waals surface area contributed by atoms with Crippen LogP contribution in [-0.4, -0.2) is 40.1 Å². The Morgan fingerprint density at radius 3 is 2.67 bits per heavy atom. The van der Waals surface area contributed by atoms with E-state index < -0.39 is 17.4 Å². The number of carbonyl (C=O) groups is 3. The van der Waals surface area contributed by atoms with E-state index in [-0.39, 0.29) is 30.3 Å². The highest BCUT2D eigenvalue weighted by Gasteiger charge is 2.74. The summed E-state index contributed by atoms with van der Waals surface area (Å²) in [5.41, 5.74) is 1.14. The number of carbonyl (C=O) groups excluding carboxylic acids is 3. The number of halogens is 1. The molecule has 0 aromatic heterocycles.